The van der Waals surface area contributed by atoms with E-state index >= 15 is 0 Å². The second-order valence-corrected chi connectivity index (χ2v) is 6.80. The molecule has 0 amide bonds. The van der Waals surface area contributed by atoms with Crippen LogP contribution in [0.3, 0.4) is 0 Å². The van der Waals surface area contributed by atoms with Crippen molar-refractivity contribution in [1.29, 1.82) is 0 Å². The Labute approximate surface area is 169 Å². The molecule has 0 aliphatic carbocycles. The van der Waals surface area contributed by atoms with E-state index in [-0.39, 0.29) is 0 Å². The number of aromatic nitrogens is 5. The molecule has 0 radical (unpaired) electrons. The summed E-state index contributed by atoms with van der Waals surface area (Å²) in [5, 5.41) is 0. The van der Waals surface area contributed by atoms with Crippen LogP contribution in [0.5, 0.6) is 0 Å². The van der Waals surface area contributed by atoms with Gasteiger partial charge in [-0.25, -0.2) is 19.9 Å². The average Bonchev–Trinajstić information content (AvgIpc) is 3.10. The lowest BCUT2D eigenvalue weighted by molar-refractivity contribution is 0.122. The normalized spacial score (nSPS) is 14.5. The third-order valence-corrected chi connectivity index (χ3v) is 4.80. The third kappa shape index (κ3) is 3.93. The number of anilines is 1. The SMILES string of the molecule is C=N/C=C\c1nc(-c2cnc(N3CCOCC3)nc2)n(-c2ccc(C)cn2)c1C. The van der Waals surface area contributed by atoms with Crippen LogP contribution in [0.25, 0.3) is 23.3 Å². The van der Waals surface area contributed by atoms with Crippen molar-refractivity contribution in [3.05, 3.63) is 53.9 Å². The molecule has 8 nitrogen and oxygen atoms in total. The maximum absolute atomic E-state index is 5.40. The number of morpholine rings is 1. The van der Waals surface area contributed by atoms with E-state index in [1.807, 2.05) is 55.2 Å². The predicted octanol–water partition coefficient (Wildman–Crippen LogP) is 2.85. The monoisotopic (exact) mass is 389 g/mol. The Balaban J connectivity index is 1.76. The number of hydrogen-bond acceptors (Lipinski definition) is 7. The summed E-state index contributed by atoms with van der Waals surface area (Å²) in [6.45, 7) is 10.5. The van der Waals surface area contributed by atoms with Crippen LogP contribution in [0, 0.1) is 13.8 Å². The summed E-state index contributed by atoms with van der Waals surface area (Å²) in [4.78, 5) is 24.4. The van der Waals surface area contributed by atoms with E-state index in [1.165, 1.54) is 0 Å². The zero-order valence-corrected chi connectivity index (χ0v) is 16.6. The quantitative estimate of drug-likeness (QED) is 0.624. The van der Waals surface area contributed by atoms with Crippen molar-refractivity contribution in [2.24, 2.45) is 4.99 Å². The molecule has 0 bridgehead atoms. The van der Waals surface area contributed by atoms with Gasteiger partial charge in [0.25, 0.3) is 0 Å². The molecule has 0 atom stereocenters. The number of imidazole rings is 1. The maximum Gasteiger partial charge on any atom is 0.225 e. The molecule has 29 heavy (non-hydrogen) atoms. The molecule has 4 heterocycles. The molecular weight excluding hydrogens is 366 g/mol. The summed E-state index contributed by atoms with van der Waals surface area (Å²) in [5.41, 5.74) is 3.67. The molecule has 0 spiro atoms. The Bertz CT molecular complexity index is 1020. The smallest absolute Gasteiger partial charge is 0.225 e. The van der Waals surface area contributed by atoms with E-state index in [0.717, 1.165) is 47.2 Å². The standard InChI is InChI=1S/C21H23N7O/c1-15-4-5-19(23-12-15)28-16(2)18(6-7-22-3)26-20(28)17-13-24-21(25-14-17)27-8-10-29-11-9-27/h4-7,12-14H,3,8-11H2,1-2H3/b7-6-. The molecule has 1 fully saturated rings. The third-order valence-electron chi connectivity index (χ3n) is 4.80. The average molecular weight is 389 g/mol. The minimum absolute atomic E-state index is 0.695. The first-order chi connectivity index (χ1) is 14.2. The van der Waals surface area contributed by atoms with Gasteiger partial charge in [0.2, 0.25) is 5.95 Å². The van der Waals surface area contributed by atoms with Crippen molar-refractivity contribution < 1.29 is 4.74 Å². The van der Waals surface area contributed by atoms with Crippen molar-refractivity contribution in [2.75, 3.05) is 31.2 Å². The van der Waals surface area contributed by atoms with Crippen LogP contribution in [0.2, 0.25) is 0 Å². The Hall–Kier alpha value is -3.39. The van der Waals surface area contributed by atoms with Gasteiger partial charge in [-0.3, -0.25) is 9.56 Å². The van der Waals surface area contributed by atoms with Crippen molar-refractivity contribution in [3.63, 3.8) is 0 Å². The summed E-state index contributed by atoms with van der Waals surface area (Å²) in [6.07, 6.45) is 8.92. The van der Waals surface area contributed by atoms with E-state index in [0.29, 0.717) is 19.2 Å². The first-order valence-electron chi connectivity index (χ1n) is 9.47. The molecule has 1 saturated heterocycles. The van der Waals surface area contributed by atoms with Crippen LogP contribution in [0.1, 0.15) is 17.0 Å². The molecule has 0 N–H and O–H groups in total. The zero-order valence-electron chi connectivity index (χ0n) is 16.6. The Morgan fingerprint density at radius 3 is 2.48 bits per heavy atom. The number of hydrogen-bond donors (Lipinski definition) is 0. The highest BCUT2D eigenvalue weighted by molar-refractivity contribution is 5.63. The number of aryl methyl sites for hydroxylation is 1. The van der Waals surface area contributed by atoms with E-state index in [9.17, 15) is 0 Å². The van der Waals surface area contributed by atoms with Gasteiger partial charge in [-0.2, -0.15) is 0 Å². The van der Waals surface area contributed by atoms with E-state index < -0.39 is 0 Å². The van der Waals surface area contributed by atoms with Crippen LogP contribution in [-0.4, -0.2) is 57.5 Å². The lowest BCUT2D eigenvalue weighted by Gasteiger charge is -2.26. The number of ether oxygens (including phenoxy) is 1. The maximum atomic E-state index is 5.40. The molecule has 8 heteroatoms. The van der Waals surface area contributed by atoms with Crippen molar-refractivity contribution in [1.82, 2.24) is 24.5 Å². The van der Waals surface area contributed by atoms with Crippen LogP contribution < -0.4 is 4.90 Å². The highest BCUT2D eigenvalue weighted by Gasteiger charge is 2.19. The summed E-state index contributed by atoms with van der Waals surface area (Å²) < 4.78 is 7.41. The molecule has 3 aromatic rings. The van der Waals surface area contributed by atoms with Gasteiger partial charge >= 0.3 is 0 Å². The Morgan fingerprint density at radius 1 is 1.07 bits per heavy atom. The first kappa shape index (κ1) is 18.9. The van der Waals surface area contributed by atoms with Gasteiger partial charge in [-0.05, 0) is 38.3 Å². The van der Waals surface area contributed by atoms with Gasteiger partial charge in [0, 0.05) is 43.6 Å². The highest BCUT2D eigenvalue weighted by atomic mass is 16.5. The van der Waals surface area contributed by atoms with Gasteiger partial charge in [0.1, 0.15) is 11.6 Å². The number of aliphatic imine (C=N–C) groups is 1. The molecule has 1 aliphatic heterocycles. The summed E-state index contributed by atoms with van der Waals surface area (Å²) in [7, 11) is 0. The van der Waals surface area contributed by atoms with Crippen molar-refractivity contribution in [3.8, 4) is 17.2 Å². The first-order valence-corrected chi connectivity index (χ1v) is 9.47. The Kier molecular flexibility index (Phi) is 5.44. The van der Waals surface area contributed by atoms with Crippen LogP contribution >= 0.6 is 0 Å². The number of rotatable bonds is 5. The lowest BCUT2D eigenvalue weighted by Crippen LogP contribution is -2.37. The van der Waals surface area contributed by atoms with Gasteiger partial charge < -0.3 is 9.64 Å². The van der Waals surface area contributed by atoms with Crippen LogP contribution in [0.15, 0.2) is 41.9 Å². The minimum atomic E-state index is 0.695. The molecule has 0 aromatic carbocycles. The van der Waals surface area contributed by atoms with Gasteiger partial charge in [-0.15, -0.1) is 0 Å². The largest absolute Gasteiger partial charge is 0.378 e. The van der Waals surface area contributed by atoms with Crippen LogP contribution in [0.4, 0.5) is 5.95 Å². The van der Waals surface area contributed by atoms with Crippen LogP contribution in [-0.2, 0) is 4.74 Å². The molecule has 0 unspecified atom stereocenters. The fourth-order valence-electron chi connectivity index (χ4n) is 3.23. The summed E-state index contributed by atoms with van der Waals surface area (Å²) >= 11 is 0. The number of nitrogens with zero attached hydrogens (tertiary/aromatic N) is 7. The number of pyridine rings is 1. The van der Waals surface area contributed by atoms with Crippen molar-refractivity contribution in [2.45, 2.75) is 13.8 Å². The molecule has 1 aliphatic rings. The van der Waals surface area contributed by atoms with E-state index in [2.05, 4.69) is 31.6 Å². The molecule has 4 rings (SSSR count). The topological polar surface area (TPSA) is 81.3 Å². The van der Waals surface area contributed by atoms with Gasteiger partial charge in [0.15, 0.2) is 0 Å². The second-order valence-electron chi connectivity index (χ2n) is 6.80. The Morgan fingerprint density at radius 2 is 1.83 bits per heavy atom. The predicted molar refractivity (Wildman–Crippen MR) is 113 cm³/mol. The summed E-state index contributed by atoms with van der Waals surface area (Å²) in [5.74, 6) is 2.23. The highest BCUT2D eigenvalue weighted by Crippen LogP contribution is 2.26. The summed E-state index contributed by atoms with van der Waals surface area (Å²) in [6, 6.07) is 4.01. The van der Waals surface area contributed by atoms with E-state index in [4.69, 9.17) is 9.72 Å². The molecular formula is C21H23N7O. The molecule has 0 saturated carbocycles. The van der Waals surface area contributed by atoms with Crippen molar-refractivity contribution >= 4 is 18.7 Å². The molecule has 3 aromatic heterocycles. The van der Waals surface area contributed by atoms with Gasteiger partial charge in [-0.1, -0.05) is 6.07 Å². The van der Waals surface area contributed by atoms with Gasteiger partial charge in [0.05, 0.1) is 24.5 Å². The molecule has 148 valence electrons. The zero-order chi connectivity index (χ0) is 20.2. The minimum Gasteiger partial charge on any atom is -0.378 e. The fraction of sp³-hybridized carbons (Fsp3) is 0.286. The lowest BCUT2D eigenvalue weighted by atomic mass is 10.3. The van der Waals surface area contributed by atoms with E-state index in [1.54, 1.807) is 6.20 Å². The second kappa shape index (κ2) is 8.32. The fourth-order valence-corrected chi connectivity index (χ4v) is 3.23.